The van der Waals surface area contributed by atoms with Crippen molar-refractivity contribution in [3.05, 3.63) is 36.2 Å². The molecule has 23 heavy (non-hydrogen) atoms. The van der Waals surface area contributed by atoms with E-state index in [1.54, 1.807) is 6.20 Å². The van der Waals surface area contributed by atoms with Crippen LogP contribution in [0.4, 0.5) is 5.82 Å². The first-order valence-electron chi connectivity index (χ1n) is 8.01. The number of aryl methyl sites for hydroxylation is 1. The normalized spacial score (nSPS) is 19.0. The molecule has 0 N–H and O–H groups in total. The second-order valence-electron chi connectivity index (χ2n) is 5.76. The van der Waals surface area contributed by atoms with Crippen LogP contribution in [0.1, 0.15) is 18.6 Å². The lowest BCUT2D eigenvalue weighted by Gasteiger charge is -2.34. The molecule has 124 valence electrons. The van der Waals surface area contributed by atoms with Crippen LogP contribution in [-0.4, -0.2) is 59.5 Å². The molecule has 7 heteroatoms. The Balaban J connectivity index is 1.53. The van der Waals surface area contributed by atoms with Gasteiger partial charge in [-0.15, -0.1) is 5.10 Å². The summed E-state index contributed by atoms with van der Waals surface area (Å²) in [6, 6.07) is 3.84. The van der Waals surface area contributed by atoms with E-state index in [0.717, 1.165) is 56.7 Å². The lowest BCUT2D eigenvalue weighted by molar-refractivity contribution is -0.0288. The van der Waals surface area contributed by atoms with Gasteiger partial charge in [-0.3, -0.25) is 4.90 Å². The molecule has 1 unspecified atom stereocenters. The first-order chi connectivity index (χ1) is 11.2. The third kappa shape index (κ3) is 4.27. The van der Waals surface area contributed by atoms with Gasteiger partial charge in [-0.25, -0.2) is 4.98 Å². The number of ether oxygens (including phenoxy) is 1. The van der Waals surface area contributed by atoms with Crippen molar-refractivity contribution in [1.82, 2.24) is 20.1 Å². The summed E-state index contributed by atoms with van der Waals surface area (Å²) in [7, 11) is 2.01. The van der Waals surface area contributed by atoms with Crippen LogP contribution in [0, 0.1) is 0 Å². The van der Waals surface area contributed by atoms with Crippen molar-refractivity contribution >= 4 is 5.82 Å². The summed E-state index contributed by atoms with van der Waals surface area (Å²) in [6.07, 6.45) is 4.50. The smallest absolute Gasteiger partial charge is 0.208 e. The summed E-state index contributed by atoms with van der Waals surface area (Å²) >= 11 is 0. The number of hydrogen-bond donors (Lipinski definition) is 0. The Morgan fingerprint density at radius 1 is 1.43 bits per heavy atom. The van der Waals surface area contributed by atoms with Crippen molar-refractivity contribution in [2.75, 3.05) is 38.2 Å². The Bertz CT molecular complexity index is 604. The van der Waals surface area contributed by atoms with Crippen molar-refractivity contribution in [3.63, 3.8) is 0 Å². The summed E-state index contributed by atoms with van der Waals surface area (Å²) in [5.41, 5.74) is 0. The number of oxazole rings is 1. The van der Waals surface area contributed by atoms with Crippen LogP contribution < -0.4 is 4.90 Å². The average molecular weight is 317 g/mol. The van der Waals surface area contributed by atoms with Crippen molar-refractivity contribution in [2.45, 2.75) is 26.0 Å². The number of morpholine rings is 1. The van der Waals surface area contributed by atoms with E-state index in [0.29, 0.717) is 0 Å². The van der Waals surface area contributed by atoms with Gasteiger partial charge in [-0.1, -0.05) is 6.92 Å². The van der Waals surface area contributed by atoms with E-state index in [9.17, 15) is 0 Å². The molecule has 1 fully saturated rings. The molecule has 0 spiro atoms. The van der Waals surface area contributed by atoms with Crippen molar-refractivity contribution < 1.29 is 9.15 Å². The molecule has 1 aliphatic rings. The Morgan fingerprint density at radius 3 is 3.09 bits per heavy atom. The van der Waals surface area contributed by atoms with Crippen LogP contribution in [-0.2, 0) is 17.7 Å². The zero-order valence-electron chi connectivity index (χ0n) is 13.7. The molecule has 0 radical (unpaired) electrons. The van der Waals surface area contributed by atoms with Gasteiger partial charge in [0, 0.05) is 39.3 Å². The Hall–Kier alpha value is -1.99. The van der Waals surface area contributed by atoms with Gasteiger partial charge in [-0.05, 0) is 12.1 Å². The summed E-state index contributed by atoms with van der Waals surface area (Å²) in [5.74, 6) is 2.57. The molecule has 2 aromatic heterocycles. The maximum atomic E-state index is 5.88. The molecule has 0 bridgehead atoms. The molecule has 1 aliphatic heterocycles. The van der Waals surface area contributed by atoms with Crippen molar-refractivity contribution in [2.24, 2.45) is 0 Å². The molecule has 3 rings (SSSR count). The summed E-state index contributed by atoms with van der Waals surface area (Å²) in [4.78, 5) is 8.73. The predicted octanol–water partition coefficient (Wildman–Crippen LogP) is 1.36. The monoisotopic (exact) mass is 317 g/mol. The van der Waals surface area contributed by atoms with E-state index in [-0.39, 0.29) is 6.10 Å². The zero-order valence-corrected chi connectivity index (χ0v) is 13.7. The van der Waals surface area contributed by atoms with Gasteiger partial charge in [0.15, 0.2) is 5.82 Å². The second-order valence-corrected chi connectivity index (χ2v) is 5.76. The van der Waals surface area contributed by atoms with E-state index in [2.05, 4.69) is 31.9 Å². The van der Waals surface area contributed by atoms with Gasteiger partial charge < -0.3 is 14.1 Å². The molecular weight excluding hydrogens is 294 g/mol. The summed E-state index contributed by atoms with van der Waals surface area (Å²) in [6.45, 7) is 6.05. The molecule has 2 aromatic rings. The summed E-state index contributed by atoms with van der Waals surface area (Å²) < 4.78 is 11.6. The molecule has 0 aliphatic carbocycles. The summed E-state index contributed by atoms with van der Waals surface area (Å²) in [5, 5.41) is 8.04. The second kappa shape index (κ2) is 7.52. The highest BCUT2D eigenvalue weighted by Crippen LogP contribution is 2.14. The van der Waals surface area contributed by atoms with Gasteiger partial charge >= 0.3 is 0 Å². The molecule has 1 saturated heterocycles. The van der Waals surface area contributed by atoms with Crippen LogP contribution in [0.3, 0.4) is 0 Å². The molecule has 1 atom stereocenters. The molecular formula is C16H23N5O2. The molecule has 0 aromatic carbocycles. The van der Waals surface area contributed by atoms with Crippen molar-refractivity contribution in [1.29, 1.82) is 0 Å². The van der Waals surface area contributed by atoms with E-state index in [1.807, 2.05) is 25.4 Å². The van der Waals surface area contributed by atoms with Crippen molar-refractivity contribution in [3.8, 4) is 0 Å². The predicted molar refractivity (Wildman–Crippen MR) is 86.2 cm³/mol. The van der Waals surface area contributed by atoms with Gasteiger partial charge in [0.05, 0.1) is 25.5 Å². The molecule has 0 saturated carbocycles. The third-order valence-electron chi connectivity index (χ3n) is 3.96. The average Bonchev–Trinajstić information content (AvgIpc) is 3.03. The first kappa shape index (κ1) is 15.9. The fourth-order valence-corrected chi connectivity index (χ4v) is 2.71. The van der Waals surface area contributed by atoms with Crippen LogP contribution >= 0.6 is 0 Å². The number of nitrogens with zero attached hydrogens (tertiary/aromatic N) is 5. The molecule has 0 amide bonds. The maximum absolute atomic E-state index is 5.88. The number of aromatic nitrogens is 3. The van der Waals surface area contributed by atoms with Gasteiger partial charge in [0.25, 0.3) is 0 Å². The van der Waals surface area contributed by atoms with Gasteiger partial charge in [0.1, 0.15) is 5.76 Å². The van der Waals surface area contributed by atoms with E-state index >= 15 is 0 Å². The SMILES string of the molecule is CCc1cnc(CN2CCOC(CN(C)c3cccnn3)C2)o1. The first-order valence-corrected chi connectivity index (χ1v) is 8.01. The molecule has 7 nitrogen and oxygen atoms in total. The Morgan fingerprint density at radius 2 is 2.35 bits per heavy atom. The van der Waals surface area contributed by atoms with Crippen LogP contribution in [0.25, 0.3) is 0 Å². The van der Waals surface area contributed by atoms with E-state index in [1.165, 1.54) is 0 Å². The highest BCUT2D eigenvalue weighted by Gasteiger charge is 2.23. The topological polar surface area (TPSA) is 67.5 Å². The Kier molecular flexibility index (Phi) is 5.19. The van der Waals surface area contributed by atoms with Gasteiger partial charge in [0.2, 0.25) is 5.89 Å². The number of anilines is 1. The largest absolute Gasteiger partial charge is 0.444 e. The Labute approximate surface area is 136 Å². The van der Waals surface area contributed by atoms with Gasteiger partial charge in [-0.2, -0.15) is 5.10 Å². The highest BCUT2D eigenvalue weighted by molar-refractivity contribution is 5.35. The maximum Gasteiger partial charge on any atom is 0.208 e. The molecule has 3 heterocycles. The highest BCUT2D eigenvalue weighted by atomic mass is 16.5. The lowest BCUT2D eigenvalue weighted by Crippen LogP contribution is -2.46. The fourth-order valence-electron chi connectivity index (χ4n) is 2.71. The third-order valence-corrected chi connectivity index (χ3v) is 3.96. The standard InChI is InChI=1S/C16H23N5O2/c1-3-13-9-17-16(23-13)12-21-7-8-22-14(11-21)10-20(2)15-5-4-6-18-19-15/h4-6,9,14H,3,7-8,10-12H2,1-2H3. The zero-order chi connectivity index (χ0) is 16.1. The lowest BCUT2D eigenvalue weighted by atomic mass is 10.2. The quantitative estimate of drug-likeness (QED) is 0.797. The number of hydrogen-bond acceptors (Lipinski definition) is 7. The van der Waals surface area contributed by atoms with E-state index < -0.39 is 0 Å². The minimum Gasteiger partial charge on any atom is -0.444 e. The van der Waals surface area contributed by atoms with Crippen LogP contribution in [0.5, 0.6) is 0 Å². The number of likely N-dealkylation sites (N-methyl/N-ethyl adjacent to an activating group) is 1. The number of rotatable bonds is 6. The van der Waals surface area contributed by atoms with E-state index in [4.69, 9.17) is 9.15 Å². The fraction of sp³-hybridized carbons (Fsp3) is 0.562. The van der Waals surface area contributed by atoms with Crippen LogP contribution in [0.15, 0.2) is 28.9 Å². The van der Waals surface area contributed by atoms with Crippen LogP contribution in [0.2, 0.25) is 0 Å². The minimum absolute atomic E-state index is 0.136. The minimum atomic E-state index is 0.136.